The van der Waals surface area contributed by atoms with Crippen molar-refractivity contribution in [1.82, 2.24) is 15.3 Å². The predicted molar refractivity (Wildman–Crippen MR) is 91.6 cm³/mol. The molecule has 0 saturated carbocycles. The highest BCUT2D eigenvalue weighted by molar-refractivity contribution is 7.98. The number of rotatable bonds is 6. The molecule has 1 amide bonds. The van der Waals surface area contributed by atoms with E-state index in [2.05, 4.69) is 15.3 Å². The van der Waals surface area contributed by atoms with Crippen molar-refractivity contribution < 1.29 is 9.21 Å². The van der Waals surface area contributed by atoms with E-state index >= 15 is 0 Å². The number of nitrogens with zero attached hydrogens (tertiary/aromatic N) is 2. The first-order chi connectivity index (χ1) is 10.9. The number of carbonyl (C=O) groups excluding carboxylic acids is 1. The molecule has 0 aromatic carbocycles. The fraction of sp³-hybridized carbons (Fsp3) is 0.471. The number of thioether (sulfide) groups is 1. The molecule has 0 aliphatic carbocycles. The Hall–Kier alpha value is -1.82. The van der Waals surface area contributed by atoms with Gasteiger partial charge in [-0.25, -0.2) is 9.97 Å². The van der Waals surface area contributed by atoms with Crippen molar-refractivity contribution in [2.24, 2.45) is 0 Å². The summed E-state index contributed by atoms with van der Waals surface area (Å²) in [6.45, 7) is 7.75. The van der Waals surface area contributed by atoms with Crippen molar-refractivity contribution >= 4 is 17.7 Å². The van der Waals surface area contributed by atoms with Crippen LogP contribution in [0.25, 0.3) is 0 Å². The molecule has 2 heterocycles. The van der Waals surface area contributed by atoms with Gasteiger partial charge in [0.25, 0.3) is 0 Å². The van der Waals surface area contributed by atoms with Gasteiger partial charge in [0, 0.05) is 17.8 Å². The Balaban J connectivity index is 1.94. The van der Waals surface area contributed by atoms with Gasteiger partial charge in [-0.15, -0.1) is 0 Å². The number of hydrogen-bond donors (Lipinski definition) is 1. The molecule has 0 bridgehead atoms. The van der Waals surface area contributed by atoms with Crippen LogP contribution in [0.1, 0.15) is 47.9 Å². The van der Waals surface area contributed by atoms with Crippen LogP contribution in [0.2, 0.25) is 0 Å². The molecule has 2 aromatic heterocycles. The monoisotopic (exact) mass is 333 g/mol. The number of furan rings is 1. The van der Waals surface area contributed by atoms with Gasteiger partial charge in [0.1, 0.15) is 11.5 Å². The molecule has 0 saturated heterocycles. The van der Waals surface area contributed by atoms with Gasteiger partial charge in [-0.2, -0.15) is 0 Å². The number of hydrogen-bond acceptors (Lipinski definition) is 5. The zero-order chi connectivity index (χ0) is 17.0. The molecule has 1 unspecified atom stereocenters. The van der Waals surface area contributed by atoms with Crippen molar-refractivity contribution in [3.8, 4) is 0 Å². The molecule has 0 radical (unpaired) electrons. The first-order valence-corrected chi connectivity index (χ1v) is 8.87. The molecule has 0 spiro atoms. The summed E-state index contributed by atoms with van der Waals surface area (Å²) in [5.74, 6) is 1.62. The van der Waals surface area contributed by atoms with Crippen LogP contribution in [-0.2, 0) is 11.2 Å². The lowest BCUT2D eigenvalue weighted by Gasteiger charge is -2.13. The number of carbonyl (C=O) groups is 1. The van der Waals surface area contributed by atoms with Gasteiger partial charge < -0.3 is 9.73 Å². The Morgan fingerprint density at radius 3 is 2.43 bits per heavy atom. The quantitative estimate of drug-likeness (QED) is 0.647. The van der Waals surface area contributed by atoms with Gasteiger partial charge in [-0.05, 0) is 58.1 Å². The van der Waals surface area contributed by atoms with E-state index in [1.807, 2.05) is 46.1 Å². The van der Waals surface area contributed by atoms with Crippen LogP contribution in [0.3, 0.4) is 0 Å². The highest BCUT2D eigenvalue weighted by Crippen LogP contribution is 2.18. The van der Waals surface area contributed by atoms with Crippen molar-refractivity contribution in [3.63, 3.8) is 0 Å². The topological polar surface area (TPSA) is 68.0 Å². The molecule has 2 rings (SSSR count). The first kappa shape index (κ1) is 17.5. The van der Waals surface area contributed by atoms with Gasteiger partial charge >= 0.3 is 0 Å². The summed E-state index contributed by atoms with van der Waals surface area (Å²) < 4.78 is 5.54. The predicted octanol–water partition coefficient (Wildman–Crippen LogP) is 3.53. The smallest absolute Gasteiger partial charge is 0.220 e. The van der Waals surface area contributed by atoms with E-state index in [-0.39, 0.29) is 11.9 Å². The van der Waals surface area contributed by atoms with Gasteiger partial charge in [-0.1, -0.05) is 11.8 Å². The van der Waals surface area contributed by atoms with E-state index < -0.39 is 0 Å². The van der Waals surface area contributed by atoms with E-state index in [0.29, 0.717) is 12.8 Å². The Morgan fingerprint density at radius 2 is 1.91 bits per heavy atom. The molecule has 5 nitrogen and oxygen atoms in total. The molecular formula is C17H23N3O2S. The van der Waals surface area contributed by atoms with E-state index in [1.54, 1.807) is 0 Å². The number of amides is 1. The Labute approximate surface area is 141 Å². The summed E-state index contributed by atoms with van der Waals surface area (Å²) >= 11 is 1.53. The Bertz CT molecular complexity index is 674. The fourth-order valence-corrected chi connectivity index (χ4v) is 2.93. The van der Waals surface area contributed by atoms with Gasteiger partial charge in [0.2, 0.25) is 5.91 Å². The highest BCUT2D eigenvalue weighted by Gasteiger charge is 2.14. The number of aromatic nitrogens is 2. The first-order valence-electron chi connectivity index (χ1n) is 7.64. The lowest BCUT2D eigenvalue weighted by molar-refractivity contribution is -0.121. The van der Waals surface area contributed by atoms with E-state index in [9.17, 15) is 4.79 Å². The van der Waals surface area contributed by atoms with Crippen LogP contribution in [0.5, 0.6) is 0 Å². The van der Waals surface area contributed by atoms with Crippen LogP contribution in [0, 0.1) is 20.8 Å². The lowest BCUT2D eigenvalue weighted by Crippen LogP contribution is -2.26. The molecule has 1 N–H and O–H groups in total. The molecule has 0 aliphatic heterocycles. The molecule has 1 atom stereocenters. The van der Waals surface area contributed by atoms with Crippen LogP contribution >= 0.6 is 11.8 Å². The average molecular weight is 333 g/mol. The van der Waals surface area contributed by atoms with E-state index in [4.69, 9.17) is 4.42 Å². The third-order valence-electron chi connectivity index (χ3n) is 3.75. The van der Waals surface area contributed by atoms with Crippen molar-refractivity contribution in [3.05, 3.63) is 40.6 Å². The van der Waals surface area contributed by atoms with E-state index in [0.717, 1.165) is 33.6 Å². The molecule has 0 aliphatic rings. The summed E-state index contributed by atoms with van der Waals surface area (Å²) in [6.07, 6.45) is 3.01. The van der Waals surface area contributed by atoms with Crippen molar-refractivity contribution in [2.75, 3.05) is 6.26 Å². The minimum absolute atomic E-state index is 0.000652. The fourth-order valence-electron chi connectivity index (χ4n) is 2.47. The summed E-state index contributed by atoms with van der Waals surface area (Å²) in [7, 11) is 0. The third kappa shape index (κ3) is 4.58. The number of nitrogens with one attached hydrogen (secondary N) is 1. The maximum Gasteiger partial charge on any atom is 0.220 e. The zero-order valence-electron chi connectivity index (χ0n) is 14.3. The SMILES string of the molecule is CSc1nc(C)c(CCC(=O)NC(C)c2ccc(C)o2)c(C)n1. The van der Waals surface area contributed by atoms with Crippen molar-refractivity contribution in [1.29, 1.82) is 0 Å². The summed E-state index contributed by atoms with van der Waals surface area (Å²) in [5.41, 5.74) is 2.95. The van der Waals surface area contributed by atoms with Crippen LogP contribution in [-0.4, -0.2) is 22.1 Å². The van der Waals surface area contributed by atoms with Crippen LogP contribution < -0.4 is 5.32 Å². The summed E-state index contributed by atoms with van der Waals surface area (Å²) in [4.78, 5) is 21.0. The summed E-state index contributed by atoms with van der Waals surface area (Å²) in [5, 5.41) is 3.74. The van der Waals surface area contributed by atoms with Gasteiger partial charge in [0.15, 0.2) is 5.16 Å². The van der Waals surface area contributed by atoms with Gasteiger partial charge in [-0.3, -0.25) is 4.79 Å². The highest BCUT2D eigenvalue weighted by atomic mass is 32.2. The Kier molecular flexibility index (Phi) is 5.82. The molecule has 23 heavy (non-hydrogen) atoms. The molecule has 0 fully saturated rings. The normalized spacial score (nSPS) is 12.2. The molecule has 6 heteroatoms. The maximum atomic E-state index is 12.2. The zero-order valence-corrected chi connectivity index (χ0v) is 15.1. The minimum Gasteiger partial charge on any atom is -0.464 e. The second-order valence-corrected chi connectivity index (χ2v) is 6.37. The third-order valence-corrected chi connectivity index (χ3v) is 4.30. The van der Waals surface area contributed by atoms with Crippen LogP contribution in [0.15, 0.2) is 21.7 Å². The average Bonchev–Trinajstić information content (AvgIpc) is 2.92. The maximum absolute atomic E-state index is 12.2. The second kappa shape index (κ2) is 7.64. The molecule has 124 valence electrons. The van der Waals surface area contributed by atoms with Crippen LogP contribution in [0.4, 0.5) is 0 Å². The van der Waals surface area contributed by atoms with E-state index in [1.165, 1.54) is 11.8 Å². The Morgan fingerprint density at radius 1 is 1.26 bits per heavy atom. The summed E-state index contributed by atoms with van der Waals surface area (Å²) in [6, 6.07) is 3.66. The molecule has 2 aromatic rings. The second-order valence-electron chi connectivity index (χ2n) is 5.60. The minimum atomic E-state index is -0.131. The molecular weight excluding hydrogens is 310 g/mol. The largest absolute Gasteiger partial charge is 0.464 e. The standard InChI is InChI=1S/C17H23N3O2S/c1-10-6-8-15(22-10)13(4)18-16(21)9-7-14-11(2)19-17(23-5)20-12(14)3/h6,8,13H,7,9H2,1-5H3,(H,18,21). The van der Waals surface area contributed by atoms with Crippen molar-refractivity contribution in [2.45, 2.75) is 51.7 Å². The van der Waals surface area contributed by atoms with Gasteiger partial charge in [0.05, 0.1) is 6.04 Å². The number of aryl methyl sites for hydroxylation is 3. The lowest BCUT2D eigenvalue weighted by atomic mass is 10.1.